The number of piperazine rings is 1. The van der Waals surface area contributed by atoms with Gasteiger partial charge in [-0.05, 0) is 11.4 Å². The van der Waals surface area contributed by atoms with Crippen LogP contribution in [-0.2, 0) is 16.1 Å². The molecule has 6 nitrogen and oxygen atoms in total. The first-order valence-corrected chi connectivity index (χ1v) is 7.01. The third-order valence-electron chi connectivity index (χ3n) is 3.03. The molecule has 0 aliphatic carbocycles. The summed E-state index contributed by atoms with van der Waals surface area (Å²) in [5.74, 6) is -1.03. The fourth-order valence-corrected chi connectivity index (χ4v) is 2.66. The molecule has 3 N–H and O–H groups in total. The fourth-order valence-electron chi connectivity index (χ4n) is 2.02. The summed E-state index contributed by atoms with van der Waals surface area (Å²) in [5.41, 5.74) is 0. The second kappa shape index (κ2) is 6.65. The molecule has 0 bridgehead atoms. The van der Waals surface area contributed by atoms with Gasteiger partial charge in [-0.3, -0.25) is 14.5 Å². The molecule has 1 aliphatic rings. The lowest BCUT2D eigenvalue weighted by Crippen LogP contribution is -2.57. The summed E-state index contributed by atoms with van der Waals surface area (Å²) in [6.45, 7) is 2.29. The topological polar surface area (TPSA) is 81.7 Å². The second-order valence-corrected chi connectivity index (χ2v) is 5.42. The van der Waals surface area contributed by atoms with Gasteiger partial charge in [-0.1, -0.05) is 6.07 Å². The number of hydrogen-bond donors (Lipinski definition) is 3. The summed E-state index contributed by atoms with van der Waals surface area (Å²) in [6, 6.07) is 3.26. The summed E-state index contributed by atoms with van der Waals surface area (Å²) in [7, 11) is 0. The maximum atomic E-state index is 11.8. The molecule has 7 heteroatoms. The number of nitrogens with zero attached hydrogens (tertiary/aromatic N) is 1. The maximum Gasteiger partial charge on any atom is 0.322 e. The van der Waals surface area contributed by atoms with Crippen LogP contribution in [-0.4, -0.2) is 54.1 Å². The van der Waals surface area contributed by atoms with Crippen LogP contribution in [0.1, 0.15) is 4.88 Å². The monoisotopic (exact) mass is 283 g/mol. The third-order valence-corrected chi connectivity index (χ3v) is 3.90. The lowest BCUT2D eigenvalue weighted by molar-refractivity contribution is -0.144. The molecular weight excluding hydrogens is 266 g/mol. The Labute approximate surface area is 115 Å². The lowest BCUT2D eigenvalue weighted by atomic mass is 10.2. The molecule has 1 atom stereocenters. The number of carbonyl (C=O) groups is 2. The van der Waals surface area contributed by atoms with Gasteiger partial charge in [0.05, 0.1) is 13.1 Å². The molecule has 0 spiro atoms. The molecule has 0 radical (unpaired) electrons. The SMILES string of the molecule is O=C(CN1CCNCC1C(=O)O)NCc1cccs1. The highest BCUT2D eigenvalue weighted by Gasteiger charge is 2.29. The highest BCUT2D eigenvalue weighted by atomic mass is 32.1. The number of nitrogens with one attached hydrogen (secondary N) is 2. The van der Waals surface area contributed by atoms with E-state index >= 15 is 0 Å². The Morgan fingerprint density at radius 1 is 1.58 bits per heavy atom. The molecule has 104 valence electrons. The van der Waals surface area contributed by atoms with E-state index in [9.17, 15) is 9.59 Å². The number of rotatable bonds is 5. The van der Waals surface area contributed by atoms with E-state index in [4.69, 9.17) is 5.11 Å². The Morgan fingerprint density at radius 2 is 2.42 bits per heavy atom. The van der Waals surface area contributed by atoms with Gasteiger partial charge in [0, 0.05) is 24.5 Å². The van der Waals surface area contributed by atoms with E-state index in [0.29, 0.717) is 26.2 Å². The minimum Gasteiger partial charge on any atom is -0.480 e. The van der Waals surface area contributed by atoms with Crippen molar-refractivity contribution in [3.05, 3.63) is 22.4 Å². The number of thiophene rings is 1. The Hall–Kier alpha value is -1.44. The molecule has 1 unspecified atom stereocenters. The molecule has 1 amide bonds. The zero-order valence-electron chi connectivity index (χ0n) is 10.5. The minimum absolute atomic E-state index is 0.129. The number of carboxylic acid groups (broad SMARTS) is 1. The number of hydrogen-bond acceptors (Lipinski definition) is 5. The lowest BCUT2D eigenvalue weighted by Gasteiger charge is -2.32. The van der Waals surface area contributed by atoms with Crippen LogP contribution in [0.15, 0.2) is 17.5 Å². The number of carbonyl (C=O) groups excluding carboxylic acids is 1. The third kappa shape index (κ3) is 4.02. The standard InChI is InChI=1S/C12H17N3O3S/c16-11(14-6-9-2-1-5-19-9)8-15-4-3-13-7-10(15)12(17)18/h1-2,5,10,13H,3-4,6-8H2,(H,14,16)(H,17,18). The zero-order valence-corrected chi connectivity index (χ0v) is 11.3. The van der Waals surface area contributed by atoms with E-state index in [0.717, 1.165) is 4.88 Å². The van der Waals surface area contributed by atoms with Crippen molar-refractivity contribution in [1.82, 2.24) is 15.5 Å². The Balaban J connectivity index is 1.81. The van der Waals surface area contributed by atoms with E-state index in [1.807, 2.05) is 17.5 Å². The molecule has 2 rings (SSSR count). The van der Waals surface area contributed by atoms with Crippen molar-refractivity contribution in [2.24, 2.45) is 0 Å². The normalized spacial score (nSPS) is 20.1. The van der Waals surface area contributed by atoms with Gasteiger partial charge in [-0.2, -0.15) is 0 Å². The Morgan fingerprint density at radius 3 is 3.11 bits per heavy atom. The molecule has 1 aromatic rings. The predicted octanol–water partition coefficient (Wildman–Crippen LogP) is -0.277. The Bertz CT molecular complexity index is 435. The van der Waals surface area contributed by atoms with Crippen molar-refractivity contribution in [2.45, 2.75) is 12.6 Å². The quantitative estimate of drug-likeness (QED) is 0.692. The van der Waals surface area contributed by atoms with Gasteiger partial charge in [0.25, 0.3) is 0 Å². The summed E-state index contributed by atoms with van der Waals surface area (Å²) >= 11 is 1.58. The predicted molar refractivity (Wildman–Crippen MR) is 72.0 cm³/mol. The van der Waals surface area contributed by atoms with Crippen molar-refractivity contribution in [3.8, 4) is 0 Å². The van der Waals surface area contributed by atoms with E-state index in [1.165, 1.54) is 0 Å². The van der Waals surface area contributed by atoms with Crippen LogP contribution in [0, 0.1) is 0 Å². The molecule has 2 heterocycles. The van der Waals surface area contributed by atoms with E-state index in [1.54, 1.807) is 16.2 Å². The molecule has 1 aromatic heterocycles. The highest BCUT2D eigenvalue weighted by molar-refractivity contribution is 7.09. The van der Waals surface area contributed by atoms with Gasteiger partial charge >= 0.3 is 5.97 Å². The first-order chi connectivity index (χ1) is 9.16. The van der Waals surface area contributed by atoms with E-state index in [2.05, 4.69) is 10.6 Å². The summed E-state index contributed by atoms with van der Waals surface area (Å²) < 4.78 is 0. The fraction of sp³-hybridized carbons (Fsp3) is 0.500. The van der Waals surface area contributed by atoms with Crippen molar-refractivity contribution < 1.29 is 14.7 Å². The molecule has 1 saturated heterocycles. The average molecular weight is 283 g/mol. The van der Waals surface area contributed by atoms with Gasteiger partial charge in [0.2, 0.25) is 5.91 Å². The number of carboxylic acids is 1. The molecule has 1 aliphatic heterocycles. The van der Waals surface area contributed by atoms with E-state index < -0.39 is 12.0 Å². The van der Waals surface area contributed by atoms with Crippen molar-refractivity contribution in [2.75, 3.05) is 26.2 Å². The molecule has 0 aromatic carbocycles. The van der Waals surface area contributed by atoms with Crippen molar-refractivity contribution in [1.29, 1.82) is 0 Å². The van der Waals surface area contributed by atoms with Gasteiger partial charge in [0.1, 0.15) is 6.04 Å². The smallest absolute Gasteiger partial charge is 0.322 e. The zero-order chi connectivity index (χ0) is 13.7. The van der Waals surface area contributed by atoms with Crippen molar-refractivity contribution >= 4 is 23.2 Å². The maximum absolute atomic E-state index is 11.8. The van der Waals surface area contributed by atoms with Gasteiger partial charge < -0.3 is 15.7 Å². The first-order valence-electron chi connectivity index (χ1n) is 6.13. The van der Waals surface area contributed by atoms with Gasteiger partial charge in [-0.15, -0.1) is 11.3 Å². The number of aliphatic carboxylic acids is 1. The summed E-state index contributed by atoms with van der Waals surface area (Å²) in [4.78, 5) is 25.7. The van der Waals surface area contributed by atoms with Crippen LogP contribution in [0.4, 0.5) is 0 Å². The van der Waals surface area contributed by atoms with Crippen LogP contribution in [0.25, 0.3) is 0 Å². The van der Waals surface area contributed by atoms with Gasteiger partial charge in [0.15, 0.2) is 0 Å². The second-order valence-electron chi connectivity index (χ2n) is 4.38. The molecule has 19 heavy (non-hydrogen) atoms. The molecule has 1 fully saturated rings. The summed E-state index contributed by atoms with van der Waals surface area (Å²) in [5, 5.41) is 16.9. The van der Waals surface area contributed by atoms with Crippen LogP contribution in [0.3, 0.4) is 0 Å². The number of amides is 1. The van der Waals surface area contributed by atoms with Crippen molar-refractivity contribution in [3.63, 3.8) is 0 Å². The average Bonchev–Trinajstić information content (AvgIpc) is 2.90. The highest BCUT2D eigenvalue weighted by Crippen LogP contribution is 2.07. The largest absolute Gasteiger partial charge is 0.480 e. The van der Waals surface area contributed by atoms with E-state index in [-0.39, 0.29) is 12.5 Å². The molecule has 0 saturated carbocycles. The van der Waals surface area contributed by atoms with Crippen LogP contribution in [0.5, 0.6) is 0 Å². The van der Waals surface area contributed by atoms with Crippen LogP contribution >= 0.6 is 11.3 Å². The minimum atomic E-state index is -0.891. The Kier molecular flexibility index (Phi) is 4.89. The van der Waals surface area contributed by atoms with Crippen LogP contribution < -0.4 is 10.6 Å². The molecular formula is C12H17N3O3S. The summed E-state index contributed by atoms with van der Waals surface area (Å²) in [6.07, 6.45) is 0. The first kappa shape index (κ1) is 14.0. The van der Waals surface area contributed by atoms with Gasteiger partial charge in [-0.25, -0.2) is 0 Å². The van der Waals surface area contributed by atoms with Crippen LogP contribution in [0.2, 0.25) is 0 Å².